The Labute approximate surface area is 102 Å². The summed E-state index contributed by atoms with van der Waals surface area (Å²) in [5.74, 6) is -0.428. The Kier molecular flexibility index (Phi) is 5.97. The van der Waals surface area contributed by atoms with Crippen LogP contribution >= 0.6 is 12.4 Å². The maximum absolute atomic E-state index is 12.1. The number of hydrogen-bond donors (Lipinski definition) is 2. The van der Waals surface area contributed by atoms with E-state index in [1.54, 1.807) is 0 Å². The van der Waals surface area contributed by atoms with Crippen molar-refractivity contribution >= 4 is 18.3 Å². The maximum atomic E-state index is 12.1. The minimum absolute atomic E-state index is 0. The molecule has 3 N–H and O–H groups in total. The zero-order valence-corrected chi connectivity index (χ0v) is 9.51. The molecule has 0 spiro atoms. The van der Waals surface area contributed by atoms with Gasteiger partial charge in [-0.2, -0.15) is 18.3 Å². The third-order valence-corrected chi connectivity index (χ3v) is 1.70. The molecule has 0 fully saturated rings. The summed E-state index contributed by atoms with van der Waals surface area (Å²) in [5, 5.41) is 5.65. The molecule has 0 bridgehead atoms. The number of alkyl halides is 3. The maximum Gasteiger partial charge on any atom is 0.435 e. The van der Waals surface area contributed by atoms with Crippen molar-refractivity contribution in [2.75, 3.05) is 13.1 Å². The standard InChI is InChI=1S/C8H11F3N4O.ClH/c9-8(10,11)6-1-4-15(14-6)5-7(16)13-3-2-12;/h1,4H,2-3,5,12H2,(H,13,16);1H. The second kappa shape index (κ2) is 6.45. The number of nitrogens with zero attached hydrogens (tertiary/aromatic N) is 2. The molecule has 1 aromatic heterocycles. The number of rotatable bonds is 4. The SMILES string of the molecule is Cl.NCCNC(=O)Cn1ccc(C(F)(F)F)n1. The lowest BCUT2D eigenvalue weighted by molar-refractivity contribution is -0.141. The fraction of sp³-hybridized carbons (Fsp3) is 0.500. The summed E-state index contributed by atoms with van der Waals surface area (Å²) in [6.45, 7) is 0.307. The average Bonchev–Trinajstić information content (AvgIpc) is 2.62. The van der Waals surface area contributed by atoms with Gasteiger partial charge in [0.15, 0.2) is 5.69 Å². The normalized spacial score (nSPS) is 10.8. The fourth-order valence-electron chi connectivity index (χ4n) is 1.02. The Balaban J connectivity index is 0.00000256. The van der Waals surface area contributed by atoms with E-state index in [0.717, 1.165) is 16.9 Å². The van der Waals surface area contributed by atoms with Crippen molar-refractivity contribution in [1.82, 2.24) is 15.1 Å². The van der Waals surface area contributed by atoms with Crippen LogP contribution in [0, 0.1) is 0 Å². The van der Waals surface area contributed by atoms with Crippen LogP contribution in [0.4, 0.5) is 13.2 Å². The summed E-state index contributed by atoms with van der Waals surface area (Å²) >= 11 is 0. The molecule has 17 heavy (non-hydrogen) atoms. The average molecular weight is 273 g/mol. The highest BCUT2D eigenvalue weighted by atomic mass is 35.5. The lowest BCUT2D eigenvalue weighted by atomic mass is 10.4. The predicted octanol–water partition coefficient (Wildman–Crippen LogP) is 0.399. The van der Waals surface area contributed by atoms with Gasteiger partial charge in [0.25, 0.3) is 0 Å². The first-order valence-corrected chi connectivity index (χ1v) is 4.51. The van der Waals surface area contributed by atoms with Crippen LogP contribution in [-0.4, -0.2) is 28.8 Å². The summed E-state index contributed by atoms with van der Waals surface area (Å²) in [7, 11) is 0. The summed E-state index contributed by atoms with van der Waals surface area (Å²) in [6.07, 6.45) is -3.39. The van der Waals surface area contributed by atoms with E-state index < -0.39 is 17.8 Å². The van der Waals surface area contributed by atoms with Crippen molar-refractivity contribution in [3.63, 3.8) is 0 Å². The largest absolute Gasteiger partial charge is 0.435 e. The number of halogens is 4. The number of nitrogens with one attached hydrogen (secondary N) is 1. The summed E-state index contributed by atoms with van der Waals surface area (Å²) in [4.78, 5) is 11.1. The molecule has 98 valence electrons. The molecule has 0 unspecified atom stereocenters. The van der Waals surface area contributed by atoms with Crippen LogP contribution in [-0.2, 0) is 17.5 Å². The number of carbonyl (C=O) groups is 1. The van der Waals surface area contributed by atoms with Gasteiger partial charge in [-0.1, -0.05) is 0 Å². The fourth-order valence-corrected chi connectivity index (χ4v) is 1.02. The second-order valence-corrected chi connectivity index (χ2v) is 3.03. The molecule has 1 aromatic rings. The van der Waals surface area contributed by atoms with E-state index in [9.17, 15) is 18.0 Å². The first-order valence-electron chi connectivity index (χ1n) is 4.51. The smallest absolute Gasteiger partial charge is 0.353 e. The zero-order chi connectivity index (χ0) is 12.2. The number of aromatic nitrogens is 2. The van der Waals surface area contributed by atoms with Gasteiger partial charge < -0.3 is 11.1 Å². The van der Waals surface area contributed by atoms with Crippen LogP contribution in [0.1, 0.15) is 5.69 Å². The van der Waals surface area contributed by atoms with Gasteiger partial charge in [0.2, 0.25) is 5.91 Å². The van der Waals surface area contributed by atoms with E-state index in [1.807, 2.05) is 0 Å². The molecule has 0 aliphatic heterocycles. The molecule has 9 heteroatoms. The van der Waals surface area contributed by atoms with Crippen molar-refractivity contribution in [2.45, 2.75) is 12.7 Å². The zero-order valence-electron chi connectivity index (χ0n) is 8.70. The number of carbonyl (C=O) groups excluding carboxylic acids is 1. The Bertz CT molecular complexity index is 366. The highest BCUT2D eigenvalue weighted by Gasteiger charge is 2.33. The molecule has 5 nitrogen and oxygen atoms in total. The number of nitrogens with two attached hydrogens (primary N) is 1. The first-order chi connectivity index (χ1) is 7.43. The van der Waals surface area contributed by atoms with Crippen molar-refractivity contribution in [3.8, 4) is 0 Å². The van der Waals surface area contributed by atoms with Gasteiger partial charge in [0.05, 0.1) is 0 Å². The monoisotopic (exact) mass is 272 g/mol. The lowest BCUT2D eigenvalue weighted by Crippen LogP contribution is -2.32. The van der Waals surface area contributed by atoms with Crippen molar-refractivity contribution in [3.05, 3.63) is 18.0 Å². The number of amides is 1. The van der Waals surface area contributed by atoms with E-state index in [1.165, 1.54) is 0 Å². The van der Waals surface area contributed by atoms with Gasteiger partial charge in [0.1, 0.15) is 6.54 Å². The molecule has 0 saturated heterocycles. The third-order valence-electron chi connectivity index (χ3n) is 1.70. The third kappa shape index (κ3) is 5.05. The molecule has 0 aromatic carbocycles. The van der Waals surface area contributed by atoms with E-state index in [2.05, 4.69) is 10.4 Å². The van der Waals surface area contributed by atoms with Crippen LogP contribution in [0.3, 0.4) is 0 Å². The first kappa shape index (κ1) is 15.7. The van der Waals surface area contributed by atoms with Crippen LogP contribution in [0.25, 0.3) is 0 Å². The topological polar surface area (TPSA) is 72.9 Å². The molecule has 1 amide bonds. The predicted molar refractivity (Wildman–Crippen MR) is 56.5 cm³/mol. The highest BCUT2D eigenvalue weighted by Crippen LogP contribution is 2.27. The van der Waals surface area contributed by atoms with Crippen LogP contribution in [0.5, 0.6) is 0 Å². The van der Waals surface area contributed by atoms with Gasteiger partial charge in [-0.3, -0.25) is 9.48 Å². The van der Waals surface area contributed by atoms with E-state index in [-0.39, 0.29) is 32.0 Å². The Morgan fingerprint density at radius 1 is 1.53 bits per heavy atom. The van der Waals surface area contributed by atoms with E-state index >= 15 is 0 Å². The minimum atomic E-state index is -4.49. The molecule has 1 rings (SSSR count). The van der Waals surface area contributed by atoms with Gasteiger partial charge in [-0.25, -0.2) is 0 Å². The highest BCUT2D eigenvalue weighted by molar-refractivity contribution is 5.85. The molecule has 0 atom stereocenters. The van der Waals surface area contributed by atoms with Gasteiger partial charge >= 0.3 is 6.18 Å². The molecular formula is C8H12ClF3N4O. The Hall–Kier alpha value is -1.28. The summed E-state index contributed by atoms with van der Waals surface area (Å²) in [5.41, 5.74) is 4.13. The van der Waals surface area contributed by atoms with Gasteiger partial charge in [-0.05, 0) is 6.07 Å². The molecule has 0 radical (unpaired) electrons. The van der Waals surface area contributed by atoms with E-state index in [4.69, 9.17) is 5.73 Å². The Morgan fingerprint density at radius 3 is 2.65 bits per heavy atom. The molecule has 0 aliphatic rings. The van der Waals surface area contributed by atoms with E-state index in [0.29, 0.717) is 0 Å². The number of hydrogen-bond acceptors (Lipinski definition) is 3. The molecule has 1 heterocycles. The van der Waals surface area contributed by atoms with Crippen molar-refractivity contribution < 1.29 is 18.0 Å². The van der Waals surface area contributed by atoms with Crippen LogP contribution < -0.4 is 11.1 Å². The molecular weight excluding hydrogens is 261 g/mol. The van der Waals surface area contributed by atoms with Crippen molar-refractivity contribution in [2.24, 2.45) is 5.73 Å². The summed E-state index contributed by atoms with van der Waals surface area (Å²) < 4.78 is 37.4. The second-order valence-electron chi connectivity index (χ2n) is 3.03. The summed E-state index contributed by atoms with van der Waals surface area (Å²) in [6, 6.07) is 0.816. The van der Waals surface area contributed by atoms with Crippen molar-refractivity contribution in [1.29, 1.82) is 0 Å². The quantitative estimate of drug-likeness (QED) is 0.833. The van der Waals surface area contributed by atoms with Gasteiger partial charge in [-0.15, -0.1) is 12.4 Å². The Morgan fingerprint density at radius 2 is 2.18 bits per heavy atom. The van der Waals surface area contributed by atoms with Crippen LogP contribution in [0.2, 0.25) is 0 Å². The van der Waals surface area contributed by atoms with Crippen LogP contribution in [0.15, 0.2) is 12.3 Å². The van der Waals surface area contributed by atoms with Gasteiger partial charge in [0, 0.05) is 19.3 Å². The minimum Gasteiger partial charge on any atom is -0.353 e. The molecule has 0 saturated carbocycles. The molecule has 0 aliphatic carbocycles. The lowest BCUT2D eigenvalue weighted by Gasteiger charge is -2.04.